The number of anilines is 2. The smallest absolute Gasteiger partial charge is 0.198 e. The second kappa shape index (κ2) is 7.02. The highest BCUT2D eigenvalue weighted by atomic mass is 35.5. The summed E-state index contributed by atoms with van der Waals surface area (Å²) in [6, 6.07) is 9.76. The Morgan fingerprint density at radius 1 is 1.09 bits per heavy atom. The van der Waals surface area contributed by atoms with Crippen LogP contribution in [-0.2, 0) is 4.79 Å². The van der Waals surface area contributed by atoms with Crippen LogP contribution in [0.3, 0.4) is 0 Å². The molecule has 0 aliphatic rings. The van der Waals surface area contributed by atoms with E-state index in [1.54, 1.807) is 30.3 Å². The molecule has 0 bridgehead atoms. The maximum atomic E-state index is 12.5. The number of nitrogens with zero attached hydrogens (tertiary/aromatic N) is 2. The van der Waals surface area contributed by atoms with E-state index < -0.39 is 17.6 Å². The number of ketones is 2. The quantitative estimate of drug-likeness (QED) is 0.378. The fourth-order valence-corrected chi connectivity index (χ4v) is 2.01. The summed E-state index contributed by atoms with van der Waals surface area (Å²) >= 11 is 5.78. The molecular weight excluding hydrogens is 316 g/mol. The first kappa shape index (κ1) is 16.6. The van der Waals surface area contributed by atoms with Crippen molar-refractivity contribution in [2.75, 3.05) is 11.5 Å². The van der Waals surface area contributed by atoms with Crippen molar-refractivity contribution in [1.29, 1.82) is 0 Å². The van der Waals surface area contributed by atoms with Crippen LogP contribution in [0.1, 0.15) is 17.3 Å². The van der Waals surface area contributed by atoms with E-state index >= 15 is 0 Å². The maximum Gasteiger partial charge on any atom is 0.198 e. The number of nitrogen functional groups attached to an aromatic ring is 2. The van der Waals surface area contributed by atoms with Crippen molar-refractivity contribution in [3.63, 3.8) is 0 Å². The Morgan fingerprint density at radius 2 is 1.74 bits per heavy atom. The predicted octanol–water partition coefficient (Wildman–Crippen LogP) is 3.43. The van der Waals surface area contributed by atoms with Gasteiger partial charge in [0.05, 0.1) is 5.69 Å². The first-order chi connectivity index (χ1) is 10.9. The molecule has 0 fully saturated rings. The van der Waals surface area contributed by atoms with Crippen LogP contribution in [0.5, 0.6) is 0 Å². The Morgan fingerprint density at radius 3 is 2.35 bits per heavy atom. The average Bonchev–Trinajstić information content (AvgIpc) is 2.51. The minimum absolute atomic E-state index is 0.153. The zero-order valence-corrected chi connectivity index (χ0v) is 13.1. The molecule has 0 amide bonds. The number of Topliss-reactive ketones (excluding diaryl/α,β-unsaturated/α-hetero) is 2. The normalized spacial score (nSPS) is 12.3. The third kappa shape index (κ3) is 4.14. The predicted molar refractivity (Wildman–Crippen MR) is 90.0 cm³/mol. The van der Waals surface area contributed by atoms with Gasteiger partial charge in [0.25, 0.3) is 0 Å². The molecule has 0 aromatic heterocycles. The first-order valence-electron chi connectivity index (χ1n) is 6.74. The van der Waals surface area contributed by atoms with Crippen LogP contribution < -0.4 is 11.5 Å². The van der Waals surface area contributed by atoms with E-state index in [4.69, 9.17) is 23.1 Å². The van der Waals surface area contributed by atoms with Gasteiger partial charge in [-0.2, -0.15) is 10.2 Å². The number of carbonyl (C=O) groups is 2. The molecule has 6 nitrogen and oxygen atoms in total. The Hall–Kier alpha value is -2.73. The Balaban J connectivity index is 2.31. The van der Waals surface area contributed by atoms with Gasteiger partial charge >= 0.3 is 0 Å². The molecule has 0 saturated heterocycles. The lowest BCUT2D eigenvalue weighted by Gasteiger charge is -2.10. The van der Waals surface area contributed by atoms with E-state index in [1.165, 1.54) is 19.1 Å². The zero-order chi connectivity index (χ0) is 17.0. The largest absolute Gasteiger partial charge is 0.399 e. The van der Waals surface area contributed by atoms with E-state index in [0.29, 0.717) is 16.4 Å². The molecular formula is C16H15ClN4O2. The fraction of sp³-hybridized carbons (Fsp3) is 0.125. The van der Waals surface area contributed by atoms with Gasteiger partial charge in [0.2, 0.25) is 0 Å². The van der Waals surface area contributed by atoms with Gasteiger partial charge in [-0.1, -0.05) is 11.6 Å². The molecule has 0 saturated carbocycles. The molecule has 2 aromatic rings. The van der Waals surface area contributed by atoms with Crippen LogP contribution in [0.2, 0.25) is 5.02 Å². The monoisotopic (exact) mass is 330 g/mol. The summed E-state index contributed by atoms with van der Waals surface area (Å²) < 4.78 is 0. The van der Waals surface area contributed by atoms with Crippen LogP contribution in [0, 0.1) is 0 Å². The van der Waals surface area contributed by atoms with E-state index in [1.807, 2.05) is 0 Å². The summed E-state index contributed by atoms with van der Waals surface area (Å²) in [5.74, 6) is -0.977. The number of halogens is 1. The van der Waals surface area contributed by atoms with E-state index in [0.717, 1.165) is 0 Å². The second-order valence-electron chi connectivity index (χ2n) is 4.92. The standard InChI is InChI=1S/C16H15ClN4O2/c1-9(22)15(21-20-12-5-2-10(17)3-6-12)16(23)13-8-11(18)4-7-14(13)19/h2-8,15H,18-19H2,1H3. The van der Waals surface area contributed by atoms with Gasteiger partial charge in [-0.3, -0.25) is 9.59 Å². The number of hydrogen-bond acceptors (Lipinski definition) is 6. The number of carbonyl (C=O) groups excluding carboxylic acids is 2. The summed E-state index contributed by atoms with van der Waals surface area (Å²) in [5.41, 5.74) is 12.7. The van der Waals surface area contributed by atoms with Crippen molar-refractivity contribution in [3.8, 4) is 0 Å². The second-order valence-corrected chi connectivity index (χ2v) is 5.35. The van der Waals surface area contributed by atoms with Gasteiger partial charge in [-0.15, -0.1) is 0 Å². The molecule has 23 heavy (non-hydrogen) atoms. The van der Waals surface area contributed by atoms with Gasteiger partial charge in [0.15, 0.2) is 17.6 Å². The Labute approximate surface area is 138 Å². The number of azo groups is 1. The minimum Gasteiger partial charge on any atom is -0.399 e. The number of benzene rings is 2. The molecule has 0 radical (unpaired) electrons. The highest BCUT2D eigenvalue weighted by Gasteiger charge is 2.26. The van der Waals surface area contributed by atoms with Crippen molar-refractivity contribution >= 4 is 40.2 Å². The first-order valence-corrected chi connectivity index (χ1v) is 7.12. The summed E-state index contributed by atoms with van der Waals surface area (Å²) in [6.45, 7) is 1.27. The average molecular weight is 331 g/mol. The molecule has 7 heteroatoms. The summed E-state index contributed by atoms with van der Waals surface area (Å²) in [7, 11) is 0. The van der Waals surface area contributed by atoms with Crippen molar-refractivity contribution < 1.29 is 9.59 Å². The summed E-state index contributed by atoms with van der Waals surface area (Å²) in [4.78, 5) is 24.3. The van der Waals surface area contributed by atoms with Gasteiger partial charge in [0.1, 0.15) is 0 Å². The van der Waals surface area contributed by atoms with Crippen molar-refractivity contribution in [2.45, 2.75) is 13.0 Å². The number of nitrogens with two attached hydrogens (primary N) is 2. The SMILES string of the molecule is CC(=O)C(N=Nc1ccc(Cl)cc1)C(=O)c1cc(N)ccc1N. The van der Waals surface area contributed by atoms with E-state index in [-0.39, 0.29) is 11.3 Å². The molecule has 2 aromatic carbocycles. The summed E-state index contributed by atoms with van der Waals surface area (Å²) in [6.07, 6.45) is 0. The summed E-state index contributed by atoms with van der Waals surface area (Å²) in [5, 5.41) is 8.33. The Bertz CT molecular complexity index is 772. The molecule has 0 heterocycles. The maximum absolute atomic E-state index is 12.5. The number of rotatable bonds is 5. The lowest BCUT2D eigenvalue weighted by atomic mass is 10.00. The third-order valence-corrected chi connectivity index (χ3v) is 3.34. The third-order valence-electron chi connectivity index (χ3n) is 3.09. The van der Waals surface area contributed by atoms with Crippen LogP contribution in [0.4, 0.5) is 17.1 Å². The molecule has 2 rings (SSSR count). The minimum atomic E-state index is -1.27. The zero-order valence-electron chi connectivity index (χ0n) is 12.4. The molecule has 0 aliphatic carbocycles. The topological polar surface area (TPSA) is 111 Å². The highest BCUT2D eigenvalue weighted by molar-refractivity contribution is 6.30. The van der Waals surface area contributed by atoms with Gasteiger partial charge in [0, 0.05) is 22.0 Å². The molecule has 1 unspecified atom stereocenters. The van der Waals surface area contributed by atoms with E-state index in [2.05, 4.69) is 10.2 Å². The van der Waals surface area contributed by atoms with Gasteiger partial charge in [-0.25, -0.2) is 0 Å². The van der Waals surface area contributed by atoms with Gasteiger partial charge < -0.3 is 11.5 Å². The fourth-order valence-electron chi connectivity index (χ4n) is 1.89. The Kier molecular flexibility index (Phi) is 5.08. The van der Waals surface area contributed by atoms with Crippen molar-refractivity contribution in [1.82, 2.24) is 0 Å². The van der Waals surface area contributed by atoms with Crippen LogP contribution in [0.25, 0.3) is 0 Å². The van der Waals surface area contributed by atoms with Crippen LogP contribution >= 0.6 is 11.6 Å². The molecule has 1 atom stereocenters. The van der Waals surface area contributed by atoms with Crippen molar-refractivity contribution in [2.24, 2.45) is 10.2 Å². The van der Waals surface area contributed by atoms with Crippen molar-refractivity contribution in [3.05, 3.63) is 53.1 Å². The molecule has 0 aliphatic heterocycles. The van der Waals surface area contributed by atoms with Crippen LogP contribution in [0.15, 0.2) is 52.7 Å². The highest BCUT2D eigenvalue weighted by Crippen LogP contribution is 2.21. The van der Waals surface area contributed by atoms with Crippen LogP contribution in [-0.4, -0.2) is 17.6 Å². The van der Waals surface area contributed by atoms with Gasteiger partial charge in [-0.05, 0) is 49.4 Å². The molecule has 118 valence electrons. The molecule has 0 spiro atoms. The lowest BCUT2D eigenvalue weighted by molar-refractivity contribution is -0.117. The van der Waals surface area contributed by atoms with E-state index in [9.17, 15) is 9.59 Å². The molecule has 4 N–H and O–H groups in total. The lowest BCUT2D eigenvalue weighted by Crippen LogP contribution is -2.27. The number of hydrogen-bond donors (Lipinski definition) is 2.